The molecule has 0 spiro atoms. The summed E-state index contributed by atoms with van der Waals surface area (Å²) < 4.78 is 8.16. The number of hydrogen-bond acceptors (Lipinski definition) is 2. The molecule has 2 aromatic rings. The van der Waals surface area contributed by atoms with Gasteiger partial charge in [0.15, 0.2) is 0 Å². The quantitative estimate of drug-likeness (QED) is 0.594. The zero-order valence-corrected chi connectivity index (χ0v) is 18.1. The Labute approximate surface area is 175 Å². The molecule has 1 amide bonds. The molecule has 2 saturated heterocycles. The molecule has 0 radical (unpaired) electrons. The fourth-order valence-electron chi connectivity index (χ4n) is 4.77. The number of piperidine rings is 1. The molecule has 2 fully saturated rings. The average molecular weight is 444 g/mol. The highest BCUT2D eigenvalue weighted by atomic mass is 79.9. The number of fused-ring (bicyclic) bond motifs is 2. The Hall–Kier alpha value is -1.85. The van der Waals surface area contributed by atoms with Crippen LogP contribution in [-0.2, 0) is 11.3 Å². The van der Waals surface area contributed by atoms with Gasteiger partial charge in [-0.05, 0) is 29.8 Å². The third-order valence-electron chi connectivity index (χ3n) is 6.59. The second kappa shape index (κ2) is 7.88. The third kappa shape index (κ3) is 3.96. The molecule has 0 saturated carbocycles. The lowest BCUT2D eigenvalue weighted by Gasteiger charge is -2.44. The molecule has 2 aromatic carbocycles. The number of benzene rings is 2. The summed E-state index contributed by atoms with van der Waals surface area (Å²) in [4.78, 5) is 14.9. The van der Waals surface area contributed by atoms with Crippen LogP contribution in [0.5, 0.6) is 0 Å². The number of nitrogens with zero attached hydrogens (tertiary/aromatic N) is 2. The lowest BCUT2D eigenvalue weighted by atomic mass is 9.98. The van der Waals surface area contributed by atoms with Crippen LogP contribution in [0.2, 0.25) is 0 Å². The van der Waals surface area contributed by atoms with Crippen LogP contribution in [0.15, 0.2) is 59.1 Å². The van der Waals surface area contributed by atoms with Crippen molar-refractivity contribution in [1.29, 1.82) is 0 Å². The van der Waals surface area contributed by atoms with Crippen molar-refractivity contribution < 1.29 is 14.0 Å². The first-order valence-electron chi connectivity index (χ1n) is 10.0. The van der Waals surface area contributed by atoms with Gasteiger partial charge in [0.1, 0.15) is 6.10 Å². The minimum atomic E-state index is -0.245. The Morgan fingerprint density at radius 1 is 1.04 bits per heavy atom. The molecule has 0 N–H and O–H groups in total. The van der Waals surface area contributed by atoms with E-state index in [0.717, 1.165) is 33.0 Å². The van der Waals surface area contributed by atoms with E-state index in [1.54, 1.807) is 4.90 Å². The van der Waals surface area contributed by atoms with Gasteiger partial charge in [-0.2, -0.15) is 0 Å². The van der Waals surface area contributed by atoms with Crippen LogP contribution < -0.4 is 4.90 Å². The zero-order valence-electron chi connectivity index (χ0n) is 16.6. The van der Waals surface area contributed by atoms with E-state index in [4.69, 9.17) is 4.74 Å². The van der Waals surface area contributed by atoms with Gasteiger partial charge in [-0.1, -0.05) is 46.3 Å². The van der Waals surface area contributed by atoms with Gasteiger partial charge in [0.25, 0.3) is 0 Å². The lowest BCUT2D eigenvalue weighted by molar-refractivity contribution is -0.931. The largest absolute Gasteiger partial charge is 0.445 e. The Balaban J connectivity index is 1.50. The number of halogens is 1. The molecule has 3 atom stereocenters. The standard InChI is InChI=1S/C23H28BrN2O2/c1-26(2)20-12-13-21(26)15-22(14-20)28-23(27)25(19-6-4-3-5-7-19)16-17-8-10-18(24)11-9-17/h3-11,20-22H,12-16H2,1-2H3/q+1/t20-,21+,22?. The minimum Gasteiger partial charge on any atom is -0.445 e. The Morgan fingerprint density at radius 2 is 1.64 bits per heavy atom. The first-order chi connectivity index (χ1) is 13.4. The van der Waals surface area contributed by atoms with Crippen molar-refractivity contribution in [2.24, 2.45) is 0 Å². The van der Waals surface area contributed by atoms with Crippen molar-refractivity contribution >= 4 is 27.7 Å². The van der Waals surface area contributed by atoms with Crippen LogP contribution in [-0.4, -0.2) is 42.9 Å². The maximum absolute atomic E-state index is 13.2. The van der Waals surface area contributed by atoms with Gasteiger partial charge in [-0.25, -0.2) is 4.79 Å². The molecule has 2 bridgehead atoms. The van der Waals surface area contributed by atoms with E-state index in [0.29, 0.717) is 18.6 Å². The average Bonchev–Trinajstić information content (AvgIpc) is 2.85. The van der Waals surface area contributed by atoms with Crippen LogP contribution in [0.25, 0.3) is 0 Å². The number of rotatable bonds is 4. The molecule has 5 heteroatoms. The lowest BCUT2D eigenvalue weighted by Crippen LogP contribution is -2.56. The summed E-state index contributed by atoms with van der Waals surface area (Å²) >= 11 is 3.47. The number of quaternary nitrogens is 1. The normalized spacial score (nSPS) is 25.3. The van der Waals surface area contributed by atoms with Gasteiger partial charge in [0.2, 0.25) is 0 Å². The Bertz CT molecular complexity index is 806. The maximum atomic E-state index is 13.2. The highest BCUT2D eigenvalue weighted by Crippen LogP contribution is 2.40. The fourth-order valence-corrected chi connectivity index (χ4v) is 5.04. The number of carbonyl (C=O) groups is 1. The third-order valence-corrected chi connectivity index (χ3v) is 7.12. The SMILES string of the molecule is C[N+]1(C)[C@@H]2CC[C@H]1CC(OC(=O)N(Cc1ccc(Br)cc1)c1ccccc1)C2. The van der Waals surface area contributed by atoms with E-state index in [1.807, 2.05) is 54.6 Å². The summed E-state index contributed by atoms with van der Waals surface area (Å²) in [5.74, 6) is 0. The van der Waals surface area contributed by atoms with Crippen LogP contribution in [0.3, 0.4) is 0 Å². The number of amides is 1. The van der Waals surface area contributed by atoms with Crippen molar-refractivity contribution in [3.63, 3.8) is 0 Å². The molecule has 28 heavy (non-hydrogen) atoms. The molecule has 2 aliphatic heterocycles. The van der Waals surface area contributed by atoms with Gasteiger partial charge in [0.05, 0.1) is 32.7 Å². The molecular formula is C23H28BrN2O2+. The monoisotopic (exact) mass is 443 g/mol. The summed E-state index contributed by atoms with van der Waals surface area (Å²) in [7, 11) is 4.65. The number of carbonyl (C=O) groups excluding carboxylic acids is 1. The number of para-hydroxylation sites is 1. The van der Waals surface area contributed by atoms with Crippen LogP contribution in [0, 0.1) is 0 Å². The molecule has 148 valence electrons. The highest BCUT2D eigenvalue weighted by molar-refractivity contribution is 9.10. The number of hydrogen-bond donors (Lipinski definition) is 0. The molecule has 4 rings (SSSR count). The Morgan fingerprint density at radius 3 is 2.25 bits per heavy atom. The van der Waals surface area contributed by atoms with Gasteiger partial charge in [-0.15, -0.1) is 0 Å². The minimum absolute atomic E-state index is 0.0206. The summed E-state index contributed by atoms with van der Waals surface area (Å²) in [5.41, 5.74) is 1.94. The van der Waals surface area contributed by atoms with Crippen LogP contribution >= 0.6 is 15.9 Å². The number of ether oxygens (including phenoxy) is 1. The van der Waals surface area contributed by atoms with E-state index < -0.39 is 0 Å². The van der Waals surface area contributed by atoms with Gasteiger partial charge >= 0.3 is 6.09 Å². The second-order valence-electron chi connectivity index (χ2n) is 8.54. The van der Waals surface area contributed by atoms with Crippen molar-refractivity contribution in [3.05, 3.63) is 64.6 Å². The predicted molar refractivity (Wildman–Crippen MR) is 115 cm³/mol. The van der Waals surface area contributed by atoms with E-state index in [-0.39, 0.29) is 12.2 Å². The first-order valence-corrected chi connectivity index (χ1v) is 10.8. The molecule has 2 aliphatic rings. The summed E-state index contributed by atoms with van der Waals surface area (Å²) in [6.45, 7) is 0.497. The fraction of sp³-hybridized carbons (Fsp3) is 0.435. The first kappa shape index (κ1) is 19.5. The summed E-state index contributed by atoms with van der Waals surface area (Å²) in [6.07, 6.45) is 4.20. The maximum Gasteiger partial charge on any atom is 0.414 e. The topological polar surface area (TPSA) is 29.5 Å². The highest BCUT2D eigenvalue weighted by Gasteiger charge is 2.50. The molecule has 1 unspecified atom stereocenters. The molecular weight excluding hydrogens is 416 g/mol. The van der Waals surface area contributed by atoms with Gasteiger partial charge in [0, 0.05) is 35.8 Å². The van der Waals surface area contributed by atoms with Gasteiger partial charge in [-0.3, -0.25) is 4.90 Å². The van der Waals surface area contributed by atoms with Crippen LogP contribution in [0.1, 0.15) is 31.2 Å². The smallest absolute Gasteiger partial charge is 0.414 e. The number of anilines is 1. The van der Waals surface area contributed by atoms with Gasteiger partial charge < -0.3 is 9.22 Å². The van der Waals surface area contributed by atoms with E-state index in [9.17, 15) is 4.79 Å². The van der Waals surface area contributed by atoms with Crippen molar-refractivity contribution in [1.82, 2.24) is 0 Å². The second-order valence-corrected chi connectivity index (χ2v) is 9.46. The molecule has 2 heterocycles. The van der Waals surface area contributed by atoms with Crippen molar-refractivity contribution in [3.8, 4) is 0 Å². The predicted octanol–water partition coefficient (Wildman–Crippen LogP) is 5.36. The van der Waals surface area contributed by atoms with Crippen molar-refractivity contribution in [2.45, 2.75) is 50.4 Å². The van der Waals surface area contributed by atoms with E-state index in [1.165, 1.54) is 12.8 Å². The Kier molecular flexibility index (Phi) is 5.48. The van der Waals surface area contributed by atoms with E-state index >= 15 is 0 Å². The zero-order chi connectivity index (χ0) is 19.7. The van der Waals surface area contributed by atoms with Crippen LogP contribution in [0.4, 0.5) is 10.5 Å². The molecule has 4 nitrogen and oxygen atoms in total. The summed E-state index contributed by atoms with van der Waals surface area (Å²) in [5, 5.41) is 0. The van der Waals surface area contributed by atoms with Crippen molar-refractivity contribution in [2.75, 3.05) is 19.0 Å². The molecule has 0 aliphatic carbocycles. The molecule has 0 aromatic heterocycles. The summed E-state index contributed by atoms with van der Waals surface area (Å²) in [6, 6.07) is 19.1. The van der Waals surface area contributed by atoms with E-state index in [2.05, 4.69) is 30.0 Å².